The molecule has 0 aliphatic heterocycles. The summed E-state index contributed by atoms with van der Waals surface area (Å²) in [6, 6.07) is 8.60. The SMILES string of the molecule is Cc1cc(Br)cc(C(Br)c2cc(Br)sc2Br)c1. The molecular weight excluding hydrogens is 496 g/mol. The lowest BCUT2D eigenvalue weighted by atomic mass is 10.1. The third-order valence-corrected chi connectivity index (χ3v) is 6.18. The smallest absolute Gasteiger partial charge is 0.0757 e. The average Bonchev–Trinajstić information content (AvgIpc) is 2.55. The summed E-state index contributed by atoms with van der Waals surface area (Å²) >= 11 is 16.1. The Balaban J connectivity index is 2.43. The molecule has 0 nitrogen and oxygen atoms in total. The normalized spacial score (nSPS) is 12.8. The Labute approximate surface area is 138 Å². The fourth-order valence-electron chi connectivity index (χ4n) is 1.62. The standard InChI is InChI=1S/C12H8Br4S/c1-6-2-7(4-8(13)3-6)11(15)9-5-10(14)17-12(9)16/h2-5,11H,1H3. The van der Waals surface area contributed by atoms with Crippen LogP contribution in [0.4, 0.5) is 0 Å². The fourth-order valence-corrected chi connectivity index (χ4v) is 6.23. The molecule has 0 N–H and O–H groups in total. The van der Waals surface area contributed by atoms with Crippen LogP contribution >= 0.6 is 75.1 Å². The van der Waals surface area contributed by atoms with Crippen LogP contribution < -0.4 is 0 Å². The van der Waals surface area contributed by atoms with Gasteiger partial charge < -0.3 is 0 Å². The van der Waals surface area contributed by atoms with Crippen molar-refractivity contribution in [2.75, 3.05) is 0 Å². The number of rotatable bonds is 2. The molecule has 1 heterocycles. The number of halogens is 4. The van der Waals surface area contributed by atoms with E-state index in [0.29, 0.717) is 0 Å². The van der Waals surface area contributed by atoms with Crippen molar-refractivity contribution in [1.82, 2.24) is 0 Å². The van der Waals surface area contributed by atoms with Gasteiger partial charge in [-0.05, 0) is 73.7 Å². The lowest BCUT2D eigenvalue weighted by Gasteiger charge is -2.11. The number of benzene rings is 1. The molecule has 0 spiro atoms. The number of aryl methyl sites for hydroxylation is 1. The van der Waals surface area contributed by atoms with Gasteiger partial charge in [-0.1, -0.05) is 37.9 Å². The van der Waals surface area contributed by atoms with Crippen LogP contribution in [-0.4, -0.2) is 0 Å². The van der Waals surface area contributed by atoms with Gasteiger partial charge in [-0.25, -0.2) is 0 Å². The van der Waals surface area contributed by atoms with Crippen molar-refractivity contribution in [3.05, 3.63) is 53.0 Å². The van der Waals surface area contributed by atoms with E-state index in [2.05, 4.69) is 94.9 Å². The second-order valence-corrected chi connectivity index (χ2v) is 9.28. The van der Waals surface area contributed by atoms with E-state index in [1.165, 1.54) is 16.7 Å². The Bertz CT molecular complexity index is 527. The molecule has 0 amide bonds. The number of thiophene rings is 1. The Morgan fingerprint density at radius 1 is 1.06 bits per heavy atom. The zero-order chi connectivity index (χ0) is 12.6. The minimum absolute atomic E-state index is 0.204. The number of alkyl halides is 1. The maximum absolute atomic E-state index is 3.76. The molecule has 2 aromatic rings. The van der Waals surface area contributed by atoms with Crippen molar-refractivity contribution in [1.29, 1.82) is 0 Å². The first-order valence-electron chi connectivity index (χ1n) is 4.83. The molecule has 17 heavy (non-hydrogen) atoms. The highest BCUT2D eigenvalue weighted by atomic mass is 79.9. The van der Waals surface area contributed by atoms with Crippen LogP contribution in [0, 0.1) is 6.92 Å². The highest BCUT2D eigenvalue weighted by Crippen LogP contribution is 2.42. The van der Waals surface area contributed by atoms with Crippen LogP contribution in [0.2, 0.25) is 0 Å². The van der Waals surface area contributed by atoms with E-state index in [4.69, 9.17) is 0 Å². The first kappa shape index (κ1) is 14.3. The lowest BCUT2D eigenvalue weighted by Crippen LogP contribution is -1.92. The summed E-state index contributed by atoms with van der Waals surface area (Å²) in [4.78, 5) is 0.204. The van der Waals surface area contributed by atoms with Crippen molar-refractivity contribution in [2.24, 2.45) is 0 Å². The molecule has 0 fully saturated rings. The van der Waals surface area contributed by atoms with Crippen molar-refractivity contribution < 1.29 is 0 Å². The van der Waals surface area contributed by atoms with E-state index in [1.54, 1.807) is 11.3 Å². The van der Waals surface area contributed by atoms with E-state index in [1.807, 2.05) is 0 Å². The Hall–Kier alpha value is 0.840. The van der Waals surface area contributed by atoms with Crippen LogP contribution in [0.3, 0.4) is 0 Å². The number of hydrogen-bond acceptors (Lipinski definition) is 1. The van der Waals surface area contributed by atoms with Gasteiger partial charge in [0.2, 0.25) is 0 Å². The largest absolute Gasteiger partial charge is 0.121 e. The van der Waals surface area contributed by atoms with Gasteiger partial charge in [-0.15, -0.1) is 11.3 Å². The van der Waals surface area contributed by atoms with Crippen LogP contribution in [0.15, 0.2) is 36.3 Å². The molecule has 0 saturated carbocycles. The molecule has 1 aromatic carbocycles. The summed E-state index contributed by atoms with van der Waals surface area (Å²) in [7, 11) is 0. The van der Waals surface area contributed by atoms with E-state index >= 15 is 0 Å². The zero-order valence-electron chi connectivity index (χ0n) is 8.81. The molecular formula is C12H8Br4S. The zero-order valence-corrected chi connectivity index (χ0v) is 16.0. The summed E-state index contributed by atoms with van der Waals surface area (Å²) in [6.07, 6.45) is 0. The Morgan fingerprint density at radius 3 is 2.29 bits per heavy atom. The average molecular weight is 504 g/mol. The summed E-state index contributed by atoms with van der Waals surface area (Å²) < 4.78 is 3.40. The summed E-state index contributed by atoms with van der Waals surface area (Å²) in [5.74, 6) is 0. The molecule has 1 unspecified atom stereocenters. The van der Waals surface area contributed by atoms with E-state index in [9.17, 15) is 0 Å². The predicted octanol–water partition coefficient (Wildman–Crippen LogP) is 6.83. The second kappa shape index (κ2) is 5.87. The predicted molar refractivity (Wildman–Crippen MR) is 89.4 cm³/mol. The van der Waals surface area contributed by atoms with E-state index in [0.717, 1.165) is 12.0 Å². The molecule has 1 atom stereocenters. The van der Waals surface area contributed by atoms with E-state index < -0.39 is 0 Å². The third kappa shape index (κ3) is 3.44. The fraction of sp³-hybridized carbons (Fsp3) is 0.167. The van der Waals surface area contributed by atoms with Crippen LogP contribution in [0.25, 0.3) is 0 Å². The van der Waals surface area contributed by atoms with Gasteiger partial charge in [0.05, 0.1) is 12.4 Å². The van der Waals surface area contributed by atoms with Gasteiger partial charge in [-0.2, -0.15) is 0 Å². The van der Waals surface area contributed by atoms with Gasteiger partial charge in [0.25, 0.3) is 0 Å². The Kier molecular flexibility index (Phi) is 4.92. The molecule has 0 aliphatic rings. The van der Waals surface area contributed by atoms with Gasteiger partial charge in [0.15, 0.2) is 0 Å². The van der Waals surface area contributed by atoms with Crippen molar-refractivity contribution in [3.63, 3.8) is 0 Å². The molecule has 0 saturated heterocycles. The topological polar surface area (TPSA) is 0 Å². The van der Waals surface area contributed by atoms with Gasteiger partial charge in [0.1, 0.15) is 0 Å². The molecule has 1 aromatic heterocycles. The highest BCUT2D eigenvalue weighted by Gasteiger charge is 2.16. The molecule has 5 heteroatoms. The van der Waals surface area contributed by atoms with Gasteiger partial charge in [-0.3, -0.25) is 0 Å². The lowest BCUT2D eigenvalue weighted by molar-refractivity contribution is 1.17. The maximum Gasteiger partial charge on any atom is 0.0757 e. The minimum atomic E-state index is 0.204. The van der Waals surface area contributed by atoms with Crippen molar-refractivity contribution in [2.45, 2.75) is 11.8 Å². The van der Waals surface area contributed by atoms with Crippen LogP contribution in [0.1, 0.15) is 21.5 Å². The van der Waals surface area contributed by atoms with Gasteiger partial charge in [0, 0.05) is 4.47 Å². The third-order valence-electron chi connectivity index (χ3n) is 2.31. The van der Waals surface area contributed by atoms with Crippen molar-refractivity contribution >= 4 is 75.1 Å². The molecule has 2 rings (SSSR count). The number of hydrogen-bond donors (Lipinski definition) is 0. The Morgan fingerprint density at radius 2 is 1.76 bits per heavy atom. The van der Waals surface area contributed by atoms with Crippen molar-refractivity contribution in [3.8, 4) is 0 Å². The maximum atomic E-state index is 3.76. The molecule has 0 radical (unpaired) electrons. The summed E-state index contributed by atoms with van der Waals surface area (Å²) in [6.45, 7) is 2.10. The molecule has 0 aliphatic carbocycles. The first-order valence-corrected chi connectivity index (χ1v) is 8.94. The van der Waals surface area contributed by atoms with E-state index in [-0.39, 0.29) is 4.83 Å². The second-order valence-electron chi connectivity index (χ2n) is 3.70. The molecule has 90 valence electrons. The first-order chi connectivity index (χ1) is 7.97. The summed E-state index contributed by atoms with van der Waals surface area (Å²) in [5, 5.41) is 0. The summed E-state index contributed by atoms with van der Waals surface area (Å²) in [5.41, 5.74) is 3.76. The van der Waals surface area contributed by atoms with Crippen LogP contribution in [0.5, 0.6) is 0 Å². The van der Waals surface area contributed by atoms with Crippen LogP contribution in [-0.2, 0) is 0 Å². The van der Waals surface area contributed by atoms with Gasteiger partial charge >= 0.3 is 0 Å². The highest BCUT2D eigenvalue weighted by molar-refractivity contribution is 9.12. The minimum Gasteiger partial charge on any atom is -0.121 e. The monoisotopic (exact) mass is 500 g/mol. The molecule has 0 bridgehead atoms. The quantitative estimate of drug-likeness (QED) is 0.394.